The highest BCUT2D eigenvalue weighted by atomic mass is 35.5. The van der Waals surface area contributed by atoms with Crippen LogP contribution in [0.2, 0.25) is 5.02 Å². The molecule has 2 aromatic carbocycles. The molecule has 4 rings (SSSR count). The van der Waals surface area contributed by atoms with Gasteiger partial charge in [-0.05, 0) is 44.5 Å². The van der Waals surface area contributed by atoms with E-state index in [0.29, 0.717) is 24.5 Å². The quantitative estimate of drug-likeness (QED) is 0.628. The van der Waals surface area contributed by atoms with Crippen molar-refractivity contribution in [3.8, 4) is 5.75 Å². The Labute approximate surface area is 182 Å². The molecule has 1 N–H and O–H groups in total. The van der Waals surface area contributed by atoms with E-state index in [4.69, 9.17) is 16.3 Å². The van der Waals surface area contributed by atoms with Crippen LogP contribution in [0.5, 0.6) is 5.75 Å². The number of benzene rings is 2. The second-order valence-corrected chi connectivity index (χ2v) is 8.43. The largest absolute Gasteiger partial charge is 0.493 e. The molecule has 5 nitrogen and oxygen atoms in total. The molecule has 0 aliphatic carbocycles. The van der Waals surface area contributed by atoms with E-state index in [-0.39, 0.29) is 18.0 Å². The highest BCUT2D eigenvalue weighted by Crippen LogP contribution is 2.29. The van der Waals surface area contributed by atoms with Gasteiger partial charge in [-0.15, -0.1) is 0 Å². The third kappa shape index (κ3) is 4.05. The smallest absolute Gasteiger partial charge is 0.257 e. The van der Waals surface area contributed by atoms with E-state index in [1.165, 1.54) is 0 Å². The second-order valence-electron chi connectivity index (χ2n) is 8.02. The van der Waals surface area contributed by atoms with Crippen LogP contribution in [-0.2, 0) is 6.54 Å². The Bertz CT molecular complexity index is 1050. The van der Waals surface area contributed by atoms with Gasteiger partial charge < -0.3 is 14.6 Å². The molecule has 30 heavy (non-hydrogen) atoms. The van der Waals surface area contributed by atoms with Crippen molar-refractivity contribution in [2.75, 3.05) is 19.7 Å². The standard InChI is InChI=1S/C24H28ClN3O2/c1-4-30-23-12-22-18(9-10-26-22)11-20(23)24(29)28-14-16(2)27(13-17(28)3)15-19-7-5-6-8-21(19)25/h5-12,16-17,26H,4,13-15H2,1-3H3/t16-,17?/m0/s1. The van der Waals surface area contributed by atoms with E-state index in [1.807, 2.05) is 54.4 Å². The van der Waals surface area contributed by atoms with Crippen LogP contribution in [0.4, 0.5) is 0 Å². The minimum atomic E-state index is 0.0262. The molecule has 2 atom stereocenters. The molecule has 3 aromatic rings. The average molecular weight is 426 g/mol. The number of halogens is 1. The number of aromatic nitrogens is 1. The summed E-state index contributed by atoms with van der Waals surface area (Å²) in [4.78, 5) is 21.1. The van der Waals surface area contributed by atoms with Gasteiger partial charge in [0, 0.05) is 59.9 Å². The Kier molecular flexibility index (Phi) is 6.02. The summed E-state index contributed by atoms with van der Waals surface area (Å²) in [5.41, 5.74) is 2.72. The number of ether oxygens (including phenoxy) is 1. The first-order valence-electron chi connectivity index (χ1n) is 10.5. The zero-order valence-corrected chi connectivity index (χ0v) is 18.4. The molecular weight excluding hydrogens is 398 g/mol. The van der Waals surface area contributed by atoms with Crippen molar-refractivity contribution in [3.05, 3.63) is 64.8 Å². The number of carbonyl (C=O) groups excluding carboxylic acids is 1. The molecule has 1 saturated heterocycles. The third-order valence-corrected chi connectivity index (χ3v) is 6.26. The lowest BCUT2D eigenvalue weighted by atomic mass is 10.0. The lowest BCUT2D eigenvalue weighted by Crippen LogP contribution is -2.57. The summed E-state index contributed by atoms with van der Waals surface area (Å²) >= 11 is 6.36. The van der Waals surface area contributed by atoms with E-state index in [9.17, 15) is 4.79 Å². The Hall–Kier alpha value is -2.50. The maximum absolute atomic E-state index is 13.5. The van der Waals surface area contributed by atoms with Crippen molar-refractivity contribution in [3.63, 3.8) is 0 Å². The summed E-state index contributed by atoms with van der Waals surface area (Å²) in [5.74, 6) is 0.661. The Morgan fingerprint density at radius 1 is 1.17 bits per heavy atom. The number of amides is 1. The van der Waals surface area contributed by atoms with Crippen LogP contribution in [0.1, 0.15) is 36.7 Å². The maximum Gasteiger partial charge on any atom is 0.257 e. The molecule has 1 aliphatic rings. The lowest BCUT2D eigenvalue weighted by molar-refractivity contribution is 0.0288. The Morgan fingerprint density at radius 3 is 2.73 bits per heavy atom. The number of hydrogen-bond acceptors (Lipinski definition) is 3. The van der Waals surface area contributed by atoms with Gasteiger partial charge in [0.1, 0.15) is 5.75 Å². The van der Waals surface area contributed by atoms with Gasteiger partial charge in [-0.25, -0.2) is 0 Å². The van der Waals surface area contributed by atoms with Gasteiger partial charge in [-0.2, -0.15) is 0 Å². The molecular formula is C24H28ClN3O2. The SMILES string of the molecule is CCOc1cc2[nH]ccc2cc1C(=O)N1C[C@H](C)N(Cc2ccccc2Cl)CC1C. The first kappa shape index (κ1) is 20.8. The summed E-state index contributed by atoms with van der Waals surface area (Å²) in [6.07, 6.45) is 1.88. The molecule has 0 bridgehead atoms. The molecule has 6 heteroatoms. The van der Waals surface area contributed by atoms with Crippen molar-refractivity contribution in [2.45, 2.75) is 39.4 Å². The topological polar surface area (TPSA) is 48.6 Å². The van der Waals surface area contributed by atoms with Crippen molar-refractivity contribution in [2.24, 2.45) is 0 Å². The fourth-order valence-corrected chi connectivity index (χ4v) is 4.42. The number of nitrogens with one attached hydrogen (secondary N) is 1. The lowest BCUT2D eigenvalue weighted by Gasteiger charge is -2.44. The van der Waals surface area contributed by atoms with Crippen LogP contribution < -0.4 is 4.74 Å². The predicted molar refractivity (Wildman–Crippen MR) is 121 cm³/mol. The van der Waals surface area contributed by atoms with Crippen LogP contribution in [0, 0.1) is 0 Å². The summed E-state index contributed by atoms with van der Waals surface area (Å²) in [6, 6.07) is 14.1. The minimum Gasteiger partial charge on any atom is -0.493 e. The number of piperazine rings is 1. The van der Waals surface area contributed by atoms with Crippen LogP contribution in [-0.4, -0.2) is 52.5 Å². The molecule has 0 radical (unpaired) electrons. The molecule has 1 fully saturated rings. The molecule has 158 valence electrons. The number of rotatable bonds is 5. The van der Waals surface area contributed by atoms with E-state index >= 15 is 0 Å². The van der Waals surface area contributed by atoms with Crippen LogP contribution >= 0.6 is 11.6 Å². The van der Waals surface area contributed by atoms with Crippen molar-refractivity contribution < 1.29 is 9.53 Å². The van der Waals surface area contributed by atoms with Gasteiger partial charge in [-0.1, -0.05) is 29.8 Å². The predicted octanol–water partition coefficient (Wildman–Crippen LogP) is 4.96. The fraction of sp³-hybridized carbons (Fsp3) is 0.375. The van der Waals surface area contributed by atoms with E-state index in [2.05, 4.69) is 29.8 Å². The molecule has 0 spiro atoms. The molecule has 0 saturated carbocycles. The number of hydrogen-bond donors (Lipinski definition) is 1. The zero-order valence-electron chi connectivity index (χ0n) is 17.7. The number of carbonyl (C=O) groups is 1. The number of nitrogens with zero attached hydrogens (tertiary/aromatic N) is 2. The van der Waals surface area contributed by atoms with Gasteiger partial charge in [0.2, 0.25) is 0 Å². The molecule has 1 aliphatic heterocycles. The monoisotopic (exact) mass is 425 g/mol. The van der Waals surface area contributed by atoms with Gasteiger partial charge >= 0.3 is 0 Å². The van der Waals surface area contributed by atoms with Crippen LogP contribution in [0.25, 0.3) is 10.9 Å². The van der Waals surface area contributed by atoms with E-state index < -0.39 is 0 Å². The Morgan fingerprint density at radius 2 is 1.97 bits per heavy atom. The van der Waals surface area contributed by atoms with Crippen LogP contribution in [0.3, 0.4) is 0 Å². The number of fused-ring (bicyclic) bond motifs is 1. The third-order valence-electron chi connectivity index (χ3n) is 5.89. The summed E-state index contributed by atoms with van der Waals surface area (Å²) in [5, 5.41) is 1.80. The van der Waals surface area contributed by atoms with E-state index in [1.54, 1.807) is 0 Å². The van der Waals surface area contributed by atoms with Crippen molar-refractivity contribution in [1.82, 2.24) is 14.8 Å². The first-order valence-corrected chi connectivity index (χ1v) is 10.9. The second kappa shape index (κ2) is 8.70. The number of aromatic amines is 1. The number of H-pyrrole nitrogens is 1. The highest BCUT2D eigenvalue weighted by molar-refractivity contribution is 6.31. The van der Waals surface area contributed by atoms with Gasteiger partial charge in [-0.3, -0.25) is 9.69 Å². The van der Waals surface area contributed by atoms with E-state index in [0.717, 1.165) is 34.6 Å². The Balaban J connectivity index is 1.55. The molecule has 1 amide bonds. The average Bonchev–Trinajstić information content (AvgIpc) is 3.18. The van der Waals surface area contributed by atoms with Crippen molar-refractivity contribution >= 4 is 28.4 Å². The normalized spacial score (nSPS) is 19.9. The summed E-state index contributed by atoms with van der Waals surface area (Å²) < 4.78 is 5.81. The minimum absolute atomic E-state index is 0.0262. The highest BCUT2D eigenvalue weighted by Gasteiger charge is 2.33. The fourth-order valence-electron chi connectivity index (χ4n) is 4.22. The molecule has 1 unspecified atom stereocenters. The van der Waals surface area contributed by atoms with Gasteiger partial charge in [0.05, 0.1) is 12.2 Å². The maximum atomic E-state index is 13.5. The first-order chi connectivity index (χ1) is 14.5. The molecule has 1 aromatic heterocycles. The summed E-state index contributed by atoms with van der Waals surface area (Å²) in [7, 11) is 0. The van der Waals surface area contributed by atoms with Gasteiger partial charge in [0.25, 0.3) is 5.91 Å². The van der Waals surface area contributed by atoms with Crippen LogP contribution in [0.15, 0.2) is 48.7 Å². The van der Waals surface area contributed by atoms with Crippen molar-refractivity contribution in [1.29, 1.82) is 0 Å². The zero-order chi connectivity index (χ0) is 21.3. The summed E-state index contributed by atoms with van der Waals surface area (Å²) in [6.45, 7) is 8.98. The van der Waals surface area contributed by atoms with Gasteiger partial charge in [0.15, 0.2) is 0 Å². The molecule has 2 heterocycles.